The summed E-state index contributed by atoms with van der Waals surface area (Å²) in [6.07, 6.45) is 0. The van der Waals surface area contributed by atoms with Crippen molar-refractivity contribution in [3.05, 3.63) is 35.9 Å². The number of hydrogen-bond acceptors (Lipinski definition) is 3. The van der Waals surface area contributed by atoms with Crippen LogP contribution in [0.4, 0.5) is 0 Å². The quantitative estimate of drug-likeness (QED) is 0.582. The SMILES string of the molecule is C[Si](C)(C)C1C(=O)ON=C1c1ccccc1. The number of hydrogen-bond donors (Lipinski definition) is 0. The maximum atomic E-state index is 11.7. The van der Waals surface area contributed by atoms with Gasteiger partial charge in [-0.2, -0.15) is 0 Å². The zero-order chi connectivity index (χ0) is 11.8. The highest BCUT2D eigenvalue weighted by Gasteiger charge is 2.43. The highest BCUT2D eigenvalue weighted by Crippen LogP contribution is 2.32. The van der Waals surface area contributed by atoms with Gasteiger partial charge in [0.2, 0.25) is 0 Å². The summed E-state index contributed by atoms with van der Waals surface area (Å²) < 4.78 is 0. The van der Waals surface area contributed by atoms with Crippen molar-refractivity contribution in [1.82, 2.24) is 0 Å². The lowest BCUT2D eigenvalue weighted by molar-refractivity contribution is -0.140. The number of carbonyl (C=O) groups is 1. The van der Waals surface area contributed by atoms with Crippen molar-refractivity contribution >= 4 is 19.8 Å². The number of benzene rings is 1. The van der Waals surface area contributed by atoms with Gasteiger partial charge in [-0.05, 0) is 5.56 Å². The molecule has 1 aliphatic rings. The molecule has 1 aliphatic heterocycles. The standard InChI is InChI=1S/C12H15NO2Si/c1-16(2,3)11-10(13-15-12(11)14)9-7-5-4-6-8-9/h4-8,11H,1-3H3. The van der Waals surface area contributed by atoms with E-state index in [0.29, 0.717) is 0 Å². The van der Waals surface area contributed by atoms with Crippen molar-refractivity contribution < 1.29 is 9.63 Å². The topological polar surface area (TPSA) is 38.7 Å². The molecule has 0 amide bonds. The third kappa shape index (κ3) is 1.93. The molecule has 2 rings (SSSR count). The second-order valence-electron chi connectivity index (χ2n) is 5.05. The predicted molar refractivity (Wildman–Crippen MR) is 66.2 cm³/mol. The van der Waals surface area contributed by atoms with Crippen molar-refractivity contribution in [3.63, 3.8) is 0 Å². The van der Waals surface area contributed by atoms with Crippen LogP contribution in [0.5, 0.6) is 0 Å². The van der Waals surface area contributed by atoms with Crippen molar-refractivity contribution in [2.45, 2.75) is 25.2 Å². The molecular formula is C12H15NO2Si. The summed E-state index contributed by atoms with van der Waals surface area (Å²) in [5, 5.41) is 3.94. The Hall–Kier alpha value is -1.42. The lowest BCUT2D eigenvalue weighted by Gasteiger charge is -2.22. The van der Waals surface area contributed by atoms with E-state index in [9.17, 15) is 4.79 Å². The van der Waals surface area contributed by atoms with Gasteiger partial charge in [0.1, 0.15) is 0 Å². The Morgan fingerprint density at radius 3 is 2.38 bits per heavy atom. The zero-order valence-electron chi connectivity index (χ0n) is 9.73. The largest absolute Gasteiger partial charge is 0.341 e. The molecule has 84 valence electrons. The van der Waals surface area contributed by atoms with Gasteiger partial charge in [0, 0.05) is 0 Å². The molecule has 1 atom stereocenters. The molecule has 0 bridgehead atoms. The average molecular weight is 233 g/mol. The first-order valence-corrected chi connectivity index (χ1v) is 8.92. The molecule has 0 spiro atoms. The summed E-state index contributed by atoms with van der Waals surface area (Å²) in [6, 6.07) is 9.77. The van der Waals surface area contributed by atoms with E-state index in [1.807, 2.05) is 30.3 Å². The Morgan fingerprint density at radius 2 is 1.81 bits per heavy atom. The molecule has 0 aromatic heterocycles. The van der Waals surface area contributed by atoms with Gasteiger partial charge < -0.3 is 4.84 Å². The molecule has 0 N–H and O–H groups in total. The molecule has 16 heavy (non-hydrogen) atoms. The fourth-order valence-corrected chi connectivity index (χ4v) is 3.70. The van der Waals surface area contributed by atoms with Crippen LogP contribution in [0.15, 0.2) is 35.5 Å². The van der Waals surface area contributed by atoms with Crippen LogP contribution in [0.2, 0.25) is 25.2 Å². The van der Waals surface area contributed by atoms with Crippen molar-refractivity contribution in [2.24, 2.45) is 5.16 Å². The Bertz CT molecular complexity index is 434. The van der Waals surface area contributed by atoms with Gasteiger partial charge in [-0.25, -0.2) is 4.79 Å². The van der Waals surface area contributed by atoms with Crippen molar-refractivity contribution in [2.75, 3.05) is 0 Å². The van der Waals surface area contributed by atoms with E-state index in [2.05, 4.69) is 24.8 Å². The first kappa shape index (κ1) is 11.1. The highest BCUT2D eigenvalue weighted by molar-refractivity contribution is 6.84. The molecule has 0 radical (unpaired) electrons. The van der Waals surface area contributed by atoms with Crippen LogP contribution in [0.25, 0.3) is 0 Å². The Labute approximate surface area is 96.1 Å². The maximum absolute atomic E-state index is 11.7. The molecule has 0 saturated carbocycles. The van der Waals surface area contributed by atoms with Crippen LogP contribution in [0.3, 0.4) is 0 Å². The lowest BCUT2D eigenvalue weighted by Crippen LogP contribution is -2.36. The molecule has 1 unspecified atom stereocenters. The Kier molecular flexibility index (Phi) is 2.67. The van der Waals surface area contributed by atoms with Crippen LogP contribution < -0.4 is 0 Å². The number of oxime groups is 1. The minimum absolute atomic E-state index is 0.144. The Balaban J connectivity index is 2.39. The van der Waals surface area contributed by atoms with Crippen LogP contribution in [-0.4, -0.2) is 19.8 Å². The first-order chi connectivity index (χ1) is 7.50. The fraction of sp³-hybridized carbons (Fsp3) is 0.333. The second kappa shape index (κ2) is 3.86. The summed E-state index contributed by atoms with van der Waals surface area (Å²) in [5.41, 5.74) is 1.64. The summed E-state index contributed by atoms with van der Waals surface area (Å²) in [7, 11) is -1.64. The summed E-state index contributed by atoms with van der Waals surface area (Å²) in [4.78, 5) is 16.5. The highest BCUT2D eigenvalue weighted by atomic mass is 28.3. The normalized spacial score (nSPS) is 20.6. The molecule has 3 nitrogen and oxygen atoms in total. The van der Waals surface area contributed by atoms with Gasteiger partial charge in [-0.1, -0.05) is 55.1 Å². The molecule has 0 fully saturated rings. The zero-order valence-corrected chi connectivity index (χ0v) is 10.7. The number of carbonyl (C=O) groups excluding carboxylic acids is 1. The average Bonchev–Trinajstić information content (AvgIpc) is 2.61. The van der Waals surface area contributed by atoms with E-state index >= 15 is 0 Å². The Morgan fingerprint density at radius 1 is 1.19 bits per heavy atom. The van der Waals surface area contributed by atoms with Crippen LogP contribution >= 0.6 is 0 Å². The fourth-order valence-electron chi connectivity index (χ4n) is 1.90. The molecule has 0 aliphatic carbocycles. The first-order valence-electron chi connectivity index (χ1n) is 5.34. The molecule has 1 heterocycles. The minimum Gasteiger partial charge on any atom is -0.318 e. The number of nitrogens with zero attached hydrogens (tertiary/aromatic N) is 1. The van der Waals surface area contributed by atoms with E-state index in [1.54, 1.807) is 0 Å². The summed E-state index contributed by atoms with van der Waals surface area (Å²) in [6.45, 7) is 6.47. The van der Waals surface area contributed by atoms with E-state index < -0.39 is 8.07 Å². The van der Waals surface area contributed by atoms with E-state index in [1.165, 1.54) is 0 Å². The van der Waals surface area contributed by atoms with Gasteiger partial charge in [0.05, 0.1) is 19.3 Å². The van der Waals surface area contributed by atoms with Crippen LogP contribution in [0.1, 0.15) is 5.56 Å². The number of rotatable bonds is 2. The van der Waals surface area contributed by atoms with Crippen molar-refractivity contribution in [3.8, 4) is 0 Å². The molecule has 1 aromatic carbocycles. The maximum Gasteiger partial charge on any atom is 0.341 e. The van der Waals surface area contributed by atoms with Gasteiger partial charge in [0.25, 0.3) is 0 Å². The van der Waals surface area contributed by atoms with E-state index in [0.717, 1.165) is 11.3 Å². The predicted octanol–water partition coefficient (Wildman–Crippen LogP) is 2.66. The molecule has 0 saturated heterocycles. The van der Waals surface area contributed by atoms with Gasteiger partial charge in [-0.3, -0.25) is 0 Å². The third-order valence-corrected chi connectivity index (χ3v) is 4.92. The van der Waals surface area contributed by atoms with Gasteiger partial charge in [-0.15, -0.1) is 0 Å². The van der Waals surface area contributed by atoms with E-state index in [4.69, 9.17) is 4.84 Å². The lowest BCUT2D eigenvalue weighted by atomic mass is 10.1. The van der Waals surface area contributed by atoms with Crippen LogP contribution in [-0.2, 0) is 9.63 Å². The smallest absolute Gasteiger partial charge is 0.318 e. The summed E-state index contributed by atoms with van der Waals surface area (Å²) in [5.74, 6) is -0.196. The molecule has 1 aromatic rings. The van der Waals surface area contributed by atoms with Crippen LogP contribution in [0, 0.1) is 0 Å². The monoisotopic (exact) mass is 233 g/mol. The third-order valence-electron chi connectivity index (χ3n) is 2.68. The minimum atomic E-state index is -1.64. The molecular weight excluding hydrogens is 218 g/mol. The van der Waals surface area contributed by atoms with Crippen molar-refractivity contribution in [1.29, 1.82) is 0 Å². The van der Waals surface area contributed by atoms with Gasteiger partial charge in [0.15, 0.2) is 0 Å². The molecule has 4 heteroatoms. The van der Waals surface area contributed by atoms with E-state index in [-0.39, 0.29) is 11.5 Å². The summed E-state index contributed by atoms with van der Waals surface area (Å²) >= 11 is 0. The second-order valence-corrected chi connectivity index (χ2v) is 10.4. The van der Waals surface area contributed by atoms with Gasteiger partial charge >= 0.3 is 5.97 Å².